The van der Waals surface area contributed by atoms with Crippen LogP contribution in [-0.2, 0) is 0 Å². The Morgan fingerprint density at radius 2 is 1.75 bits per heavy atom. The average molecular weight is 383 g/mol. The molecule has 0 bridgehead atoms. The summed E-state index contributed by atoms with van der Waals surface area (Å²) in [4.78, 5) is 27.8. The van der Waals surface area contributed by atoms with Crippen LogP contribution in [0.2, 0.25) is 0 Å². The second kappa shape index (κ2) is 6.29. The van der Waals surface area contributed by atoms with Crippen LogP contribution < -0.4 is 15.4 Å². The monoisotopic (exact) mass is 383 g/mol. The third-order valence-corrected chi connectivity index (χ3v) is 5.40. The van der Waals surface area contributed by atoms with E-state index < -0.39 is 11.4 Å². The smallest absolute Gasteiger partial charge is 0.288 e. The Morgan fingerprint density at radius 3 is 2.46 bits per heavy atom. The Kier molecular flexibility index (Phi) is 3.85. The SMILES string of the molecule is Cc1cc(N2CCN(c3nc(C4CC4)c(F)c(=O)[nH]3)CC2)n2nc(C)cc2n1. The van der Waals surface area contributed by atoms with Gasteiger partial charge in [-0.2, -0.15) is 14.0 Å². The fourth-order valence-electron chi connectivity index (χ4n) is 3.81. The molecule has 1 saturated carbocycles. The number of aromatic amines is 1. The highest BCUT2D eigenvalue weighted by Gasteiger charge is 2.31. The summed E-state index contributed by atoms with van der Waals surface area (Å²) in [6.45, 7) is 6.80. The standard InChI is InChI=1S/C19H22FN7O/c1-11-10-15(27-14(21-11)9-12(2)24-27)25-5-7-26(8-6-25)19-22-17(13-3-4-13)16(20)18(28)23-19/h9-10,13H,3-8H2,1-2H3,(H,22,23,28). The summed E-state index contributed by atoms with van der Waals surface area (Å²) in [7, 11) is 0. The molecule has 0 atom stereocenters. The first-order chi connectivity index (χ1) is 13.5. The minimum absolute atomic E-state index is 0.0958. The van der Waals surface area contributed by atoms with Crippen LogP contribution in [-0.4, -0.2) is 50.7 Å². The third kappa shape index (κ3) is 2.90. The first kappa shape index (κ1) is 17.2. The number of hydrogen-bond donors (Lipinski definition) is 1. The van der Waals surface area contributed by atoms with Crippen LogP contribution in [0.15, 0.2) is 16.9 Å². The van der Waals surface area contributed by atoms with Crippen LogP contribution >= 0.6 is 0 Å². The molecule has 5 rings (SSSR count). The maximum absolute atomic E-state index is 14.1. The summed E-state index contributed by atoms with van der Waals surface area (Å²) in [6, 6.07) is 4.01. The van der Waals surface area contributed by atoms with E-state index in [1.54, 1.807) is 0 Å². The molecule has 1 N–H and O–H groups in total. The molecule has 0 unspecified atom stereocenters. The summed E-state index contributed by atoms with van der Waals surface area (Å²) in [5, 5.41) is 4.56. The van der Waals surface area contributed by atoms with E-state index in [1.165, 1.54) is 0 Å². The maximum atomic E-state index is 14.1. The summed E-state index contributed by atoms with van der Waals surface area (Å²) in [5.74, 6) is 0.848. The lowest BCUT2D eigenvalue weighted by molar-refractivity contribution is 0.569. The van der Waals surface area contributed by atoms with Gasteiger partial charge >= 0.3 is 0 Å². The van der Waals surface area contributed by atoms with Gasteiger partial charge in [0.15, 0.2) is 5.65 Å². The van der Waals surface area contributed by atoms with Crippen LogP contribution in [0.4, 0.5) is 16.2 Å². The number of rotatable bonds is 3. The molecule has 0 aromatic carbocycles. The van der Waals surface area contributed by atoms with Gasteiger partial charge < -0.3 is 9.80 Å². The molecule has 4 heterocycles. The molecule has 3 aromatic rings. The lowest BCUT2D eigenvalue weighted by Crippen LogP contribution is -2.48. The lowest BCUT2D eigenvalue weighted by atomic mass is 10.2. The first-order valence-corrected chi connectivity index (χ1v) is 9.63. The fourth-order valence-corrected chi connectivity index (χ4v) is 3.81. The largest absolute Gasteiger partial charge is 0.353 e. The van der Waals surface area contributed by atoms with Crippen molar-refractivity contribution in [3.63, 3.8) is 0 Å². The number of piperazine rings is 1. The molecule has 146 valence electrons. The molecular weight excluding hydrogens is 361 g/mol. The van der Waals surface area contributed by atoms with E-state index in [-0.39, 0.29) is 5.92 Å². The minimum Gasteiger partial charge on any atom is -0.353 e. The van der Waals surface area contributed by atoms with E-state index in [0.717, 1.165) is 48.8 Å². The first-order valence-electron chi connectivity index (χ1n) is 9.63. The van der Waals surface area contributed by atoms with E-state index in [9.17, 15) is 9.18 Å². The molecule has 8 nitrogen and oxygen atoms in total. The quantitative estimate of drug-likeness (QED) is 0.742. The summed E-state index contributed by atoms with van der Waals surface area (Å²) in [5.41, 5.74) is 2.36. The van der Waals surface area contributed by atoms with Gasteiger partial charge in [-0.1, -0.05) is 0 Å². The maximum Gasteiger partial charge on any atom is 0.288 e. The minimum atomic E-state index is -0.728. The van der Waals surface area contributed by atoms with Gasteiger partial charge in [0.05, 0.1) is 11.4 Å². The predicted octanol–water partition coefficient (Wildman–Crippen LogP) is 1.77. The van der Waals surface area contributed by atoms with Crippen molar-refractivity contribution in [2.24, 2.45) is 0 Å². The average Bonchev–Trinajstić information content (AvgIpc) is 3.44. The van der Waals surface area contributed by atoms with Crippen LogP contribution in [0.3, 0.4) is 0 Å². The molecule has 2 aliphatic rings. The van der Waals surface area contributed by atoms with Gasteiger partial charge in [-0.25, -0.2) is 9.97 Å². The van der Waals surface area contributed by atoms with E-state index in [2.05, 4.69) is 25.0 Å². The second-order valence-corrected chi connectivity index (χ2v) is 7.65. The molecule has 2 fully saturated rings. The van der Waals surface area contributed by atoms with Crippen LogP contribution in [0.1, 0.15) is 35.8 Å². The Morgan fingerprint density at radius 1 is 1.04 bits per heavy atom. The Labute approximate surface area is 161 Å². The van der Waals surface area contributed by atoms with Crippen LogP contribution in [0, 0.1) is 19.7 Å². The molecule has 1 saturated heterocycles. The number of fused-ring (bicyclic) bond motifs is 1. The Hall–Kier alpha value is -2.97. The van der Waals surface area contributed by atoms with E-state index >= 15 is 0 Å². The van der Waals surface area contributed by atoms with Crippen molar-refractivity contribution < 1.29 is 4.39 Å². The van der Waals surface area contributed by atoms with Gasteiger partial charge in [-0.3, -0.25) is 9.78 Å². The fraction of sp³-hybridized carbons (Fsp3) is 0.474. The summed E-state index contributed by atoms with van der Waals surface area (Å²) in [6.07, 6.45) is 1.81. The predicted molar refractivity (Wildman–Crippen MR) is 104 cm³/mol. The zero-order valence-electron chi connectivity index (χ0n) is 15.9. The molecule has 0 amide bonds. The molecule has 9 heteroatoms. The number of halogens is 1. The number of aromatic nitrogens is 5. The van der Waals surface area contributed by atoms with Gasteiger partial charge in [0.1, 0.15) is 5.82 Å². The zero-order chi connectivity index (χ0) is 19.4. The molecule has 0 spiro atoms. The zero-order valence-corrected chi connectivity index (χ0v) is 15.9. The molecule has 3 aromatic heterocycles. The molecule has 0 radical (unpaired) electrons. The van der Waals surface area contributed by atoms with E-state index in [1.807, 2.05) is 35.4 Å². The van der Waals surface area contributed by atoms with Gasteiger partial charge in [0, 0.05) is 49.9 Å². The second-order valence-electron chi connectivity index (χ2n) is 7.65. The number of anilines is 2. The highest BCUT2D eigenvalue weighted by Crippen LogP contribution is 2.39. The lowest BCUT2D eigenvalue weighted by Gasteiger charge is -2.36. The topological polar surface area (TPSA) is 82.4 Å². The molecule has 1 aliphatic carbocycles. The van der Waals surface area contributed by atoms with Crippen molar-refractivity contribution in [3.8, 4) is 0 Å². The number of hydrogen-bond acceptors (Lipinski definition) is 6. The van der Waals surface area contributed by atoms with Gasteiger partial charge in [-0.15, -0.1) is 0 Å². The number of H-pyrrole nitrogens is 1. The highest BCUT2D eigenvalue weighted by atomic mass is 19.1. The van der Waals surface area contributed by atoms with E-state index in [0.29, 0.717) is 24.7 Å². The third-order valence-electron chi connectivity index (χ3n) is 5.40. The number of nitrogens with one attached hydrogen (secondary N) is 1. The van der Waals surface area contributed by atoms with Crippen LogP contribution in [0.25, 0.3) is 5.65 Å². The van der Waals surface area contributed by atoms with Crippen molar-refractivity contribution in [1.82, 2.24) is 24.6 Å². The molecule has 1 aliphatic heterocycles. The van der Waals surface area contributed by atoms with Gasteiger partial charge in [0.25, 0.3) is 5.56 Å². The molecule has 28 heavy (non-hydrogen) atoms. The molecular formula is C19H22FN7O. The van der Waals surface area contributed by atoms with Crippen LogP contribution in [0.5, 0.6) is 0 Å². The number of aryl methyl sites for hydroxylation is 2. The van der Waals surface area contributed by atoms with Gasteiger partial charge in [0.2, 0.25) is 11.8 Å². The van der Waals surface area contributed by atoms with E-state index in [4.69, 9.17) is 0 Å². The summed E-state index contributed by atoms with van der Waals surface area (Å²) >= 11 is 0. The highest BCUT2D eigenvalue weighted by molar-refractivity contribution is 5.53. The van der Waals surface area contributed by atoms with Crippen molar-refractivity contribution in [2.45, 2.75) is 32.6 Å². The van der Waals surface area contributed by atoms with Gasteiger partial charge in [-0.05, 0) is 26.7 Å². The van der Waals surface area contributed by atoms with Crippen molar-refractivity contribution in [1.29, 1.82) is 0 Å². The summed E-state index contributed by atoms with van der Waals surface area (Å²) < 4.78 is 15.9. The van der Waals surface area contributed by atoms with Crippen molar-refractivity contribution in [3.05, 3.63) is 45.4 Å². The number of nitrogens with zero attached hydrogens (tertiary/aromatic N) is 6. The van der Waals surface area contributed by atoms with Crippen molar-refractivity contribution in [2.75, 3.05) is 36.0 Å². The Bertz CT molecular complexity index is 1110. The van der Waals surface area contributed by atoms with Crippen molar-refractivity contribution >= 4 is 17.4 Å². The Balaban J connectivity index is 1.40. The normalized spacial score (nSPS) is 17.5.